The highest BCUT2D eigenvalue weighted by atomic mass is 19.1. The molecule has 0 aliphatic rings. The summed E-state index contributed by atoms with van der Waals surface area (Å²) in [7, 11) is 0. The minimum atomic E-state index is -0.323. The molecule has 0 atom stereocenters. The minimum absolute atomic E-state index is 0.143. The molecule has 0 N–H and O–H groups in total. The van der Waals surface area contributed by atoms with Crippen molar-refractivity contribution in [1.29, 1.82) is 0 Å². The lowest BCUT2D eigenvalue weighted by molar-refractivity contribution is 0.287. The van der Waals surface area contributed by atoms with Crippen LogP contribution in [-0.4, -0.2) is 20.3 Å². The molecule has 4 aromatic rings. The van der Waals surface area contributed by atoms with Gasteiger partial charge < -0.3 is 13.7 Å². The summed E-state index contributed by atoms with van der Waals surface area (Å²) >= 11 is 0. The van der Waals surface area contributed by atoms with E-state index < -0.39 is 0 Å². The van der Waals surface area contributed by atoms with E-state index in [1.54, 1.807) is 24.3 Å². The molecule has 0 fully saturated rings. The molecule has 0 saturated carbocycles. The molecule has 4 rings (SSSR count). The van der Waals surface area contributed by atoms with Crippen molar-refractivity contribution in [3.8, 4) is 28.7 Å². The van der Waals surface area contributed by atoms with Gasteiger partial charge in [-0.3, -0.25) is 0 Å². The summed E-state index contributed by atoms with van der Waals surface area (Å²) in [5.41, 5.74) is 1.44. The molecule has 2 aromatic heterocycles. The fraction of sp³-hybridized carbons (Fsp3) is 0.0588. The molecule has 0 amide bonds. The Kier molecular flexibility index (Phi) is 3.91. The summed E-state index contributed by atoms with van der Waals surface area (Å²) in [5, 5.41) is 11.3. The standard InChI is InChI=1S/C17H11FN4O3/c18-13-5-1-11(2-6-13)16-20-15(22-25-16)9-23-14-7-3-12(4-8-14)17-21-19-10-24-17/h1-8,10H,9H2. The maximum Gasteiger partial charge on any atom is 0.258 e. The lowest BCUT2D eigenvalue weighted by Gasteiger charge is -2.03. The highest BCUT2D eigenvalue weighted by Gasteiger charge is 2.10. The third-order valence-corrected chi connectivity index (χ3v) is 3.39. The molecule has 0 spiro atoms. The van der Waals surface area contributed by atoms with Crippen LogP contribution in [0.4, 0.5) is 4.39 Å². The van der Waals surface area contributed by atoms with Crippen LogP contribution in [0.2, 0.25) is 0 Å². The summed E-state index contributed by atoms with van der Waals surface area (Å²) in [4.78, 5) is 4.22. The van der Waals surface area contributed by atoms with Crippen molar-refractivity contribution in [2.75, 3.05) is 0 Å². The Balaban J connectivity index is 1.41. The zero-order valence-electron chi connectivity index (χ0n) is 12.8. The molecule has 0 radical (unpaired) electrons. The number of benzene rings is 2. The first-order chi connectivity index (χ1) is 12.3. The molecule has 0 unspecified atom stereocenters. The van der Waals surface area contributed by atoms with E-state index in [9.17, 15) is 4.39 Å². The van der Waals surface area contributed by atoms with Gasteiger partial charge in [-0.15, -0.1) is 10.2 Å². The maximum absolute atomic E-state index is 12.9. The van der Waals surface area contributed by atoms with E-state index in [4.69, 9.17) is 13.7 Å². The van der Waals surface area contributed by atoms with Gasteiger partial charge in [0.05, 0.1) is 0 Å². The second kappa shape index (κ2) is 6.52. The summed E-state index contributed by atoms with van der Waals surface area (Å²) in [6, 6.07) is 13.0. The normalized spacial score (nSPS) is 10.8. The van der Waals surface area contributed by atoms with Gasteiger partial charge in [-0.2, -0.15) is 4.98 Å². The smallest absolute Gasteiger partial charge is 0.258 e. The molecule has 0 aliphatic heterocycles. The van der Waals surface area contributed by atoms with E-state index in [0.29, 0.717) is 28.9 Å². The predicted molar refractivity (Wildman–Crippen MR) is 83.8 cm³/mol. The van der Waals surface area contributed by atoms with E-state index in [2.05, 4.69) is 20.3 Å². The Labute approximate surface area is 141 Å². The van der Waals surface area contributed by atoms with Crippen molar-refractivity contribution in [3.63, 3.8) is 0 Å². The first-order valence-corrected chi connectivity index (χ1v) is 7.36. The largest absolute Gasteiger partial charge is 0.485 e. The summed E-state index contributed by atoms with van der Waals surface area (Å²) in [6.07, 6.45) is 1.27. The van der Waals surface area contributed by atoms with Crippen molar-refractivity contribution < 1.29 is 18.1 Å². The number of ether oxygens (including phenoxy) is 1. The third-order valence-electron chi connectivity index (χ3n) is 3.39. The fourth-order valence-corrected chi connectivity index (χ4v) is 2.16. The number of hydrogen-bond donors (Lipinski definition) is 0. The van der Waals surface area contributed by atoms with Gasteiger partial charge in [-0.25, -0.2) is 4.39 Å². The summed E-state index contributed by atoms with van der Waals surface area (Å²) in [6.45, 7) is 0.143. The van der Waals surface area contributed by atoms with E-state index in [0.717, 1.165) is 5.56 Å². The fourth-order valence-electron chi connectivity index (χ4n) is 2.16. The van der Waals surface area contributed by atoms with E-state index >= 15 is 0 Å². The van der Waals surface area contributed by atoms with Crippen molar-refractivity contribution in [2.45, 2.75) is 6.61 Å². The van der Waals surface area contributed by atoms with Gasteiger partial charge in [0, 0.05) is 11.1 Å². The molecule has 0 saturated heterocycles. The van der Waals surface area contributed by atoms with Crippen molar-refractivity contribution in [3.05, 3.63) is 66.6 Å². The molecule has 8 heteroatoms. The highest BCUT2D eigenvalue weighted by molar-refractivity contribution is 5.54. The number of halogens is 1. The zero-order chi connectivity index (χ0) is 17.1. The van der Waals surface area contributed by atoms with Crippen LogP contribution in [-0.2, 0) is 6.61 Å². The first kappa shape index (κ1) is 15.0. The van der Waals surface area contributed by atoms with Gasteiger partial charge in [0.25, 0.3) is 5.89 Å². The van der Waals surface area contributed by atoms with Crippen LogP contribution in [0.3, 0.4) is 0 Å². The minimum Gasteiger partial charge on any atom is -0.485 e. The SMILES string of the molecule is Fc1ccc(-c2nc(COc3ccc(-c4nnco4)cc3)no2)cc1. The van der Waals surface area contributed by atoms with Crippen LogP contribution in [0.5, 0.6) is 5.75 Å². The van der Waals surface area contributed by atoms with Gasteiger partial charge in [-0.1, -0.05) is 5.16 Å². The van der Waals surface area contributed by atoms with Crippen molar-refractivity contribution >= 4 is 0 Å². The molecular weight excluding hydrogens is 327 g/mol. The van der Waals surface area contributed by atoms with E-state index in [1.807, 2.05) is 12.1 Å². The Morgan fingerprint density at radius 3 is 2.36 bits per heavy atom. The highest BCUT2D eigenvalue weighted by Crippen LogP contribution is 2.21. The lowest BCUT2D eigenvalue weighted by atomic mass is 10.2. The number of aromatic nitrogens is 4. The van der Waals surface area contributed by atoms with Crippen LogP contribution >= 0.6 is 0 Å². The van der Waals surface area contributed by atoms with Gasteiger partial charge in [-0.05, 0) is 48.5 Å². The third kappa shape index (κ3) is 3.37. The summed E-state index contributed by atoms with van der Waals surface area (Å²) < 4.78 is 28.8. The average Bonchev–Trinajstić information content (AvgIpc) is 3.33. The second-order valence-corrected chi connectivity index (χ2v) is 5.08. The molecule has 0 aliphatic carbocycles. The zero-order valence-corrected chi connectivity index (χ0v) is 12.8. The first-order valence-electron chi connectivity index (χ1n) is 7.36. The van der Waals surface area contributed by atoms with Crippen molar-refractivity contribution in [2.24, 2.45) is 0 Å². The molecular formula is C17H11FN4O3. The average molecular weight is 338 g/mol. The second-order valence-electron chi connectivity index (χ2n) is 5.08. The van der Waals surface area contributed by atoms with Crippen LogP contribution < -0.4 is 4.74 Å². The number of hydrogen-bond acceptors (Lipinski definition) is 7. The topological polar surface area (TPSA) is 87.1 Å². The van der Waals surface area contributed by atoms with Gasteiger partial charge in [0.1, 0.15) is 11.6 Å². The summed E-state index contributed by atoms with van der Waals surface area (Å²) in [5.74, 6) is 1.45. The molecule has 25 heavy (non-hydrogen) atoms. The Hall–Kier alpha value is -3.55. The van der Waals surface area contributed by atoms with Gasteiger partial charge >= 0.3 is 0 Å². The van der Waals surface area contributed by atoms with Crippen LogP contribution in [0, 0.1) is 5.82 Å². The molecule has 2 aromatic carbocycles. The van der Waals surface area contributed by atoms with Crippen molar-refractivity contribution in [1.82, 2.24) is 20.3 Å². The van der Waals surface area contributed by atoms with E-state index in [1.165, 1.54) is 18.5 Å². The molecule has 2 heterocycles. The van der Waals surface area contributed by atoms with Crippen LogP contribution in [0.1, 0.15) is 5.82 Å². The van der Waals surface area contributed by atoms with Gasteiger partial charge in [0.2, 0.25) is 18.1 Å². The lowest BCUT2D eigenvalue weighted by Crippen LogP contribution is -1.97. The predicted octanol–water partition coefficient (Wildman–Crippen LogP) is 3.50. The molecule has 124 valence electrons. The maximum atomic E-state index is 12.9. The number of rotatable bonds is 5. The van der Waals surface area contributed by atoms with E-state index in [-0.39, 0.29) is 12.4 Å². The Morgan fingerprint density at radius 1 is 0.920 bits per heavy atom. The van der Waals surface area contributed by atoms with Gasteiger partial charge in [0.15, 0.2) is 6.61 Å². The Morgan fingerprint density at radius 2 is 1.64 bits per heavy atom. The Bertz CT molecular complexity index is 950. The molecule has 7 nitrogen and oxygen atoms in total. The van der Waals surface area contributed by atoms with Crippen LogP contribution in [0.15, 0.2) is 63.9 Å². The molecule has 0 bridgehead atoms. The van der Waals surface area contributed by atoms with Crippen LogP contribution in [0.25, 0.3) is 22.9 Å². The monoisotopic (exact) mass is 338 g/mol. The number of nitrogens with zero attached hydrogens (tertiary/aromatic N) is 4. The quantitative estimate of drug-likeness (QED) is 0.550.